The van der Waals surface area contributed by atoms with E-state index >= 15 is 0 Å². The molecule has 186 valence electrons. The highest BCUT2D eigenvalue weighted by molar-refractivity contribution is 7.19. The van der Waals surface area contributed by atoms with E-state index in [9.17, 15) is 18.0 Å². The van der Waals surface area contributed by atoms with Gasteiger partial charge in [-0.25, -0.2) is 9.97 Å². The van der Waals surface area contributed by atoms with Crippen molar-refractivity contribution in [3.63, 3.8) is 0 Å². The molecule has 1 amide bonds. The van der Waals surface area contributed by atoms with Gasteiger partial charge in [0, 0.05) is 25.5 Å². The molecule has 14 heteroatoms. The molecule has 0 spiro atoms. The number of rotatable bonds is 4. The first-order valence-corrected chi connectivity index (χ1v) is 12.2. The monoisotopic (exact) mass is 526 g/mol. The van der Waals surface area contributed by atoms with Crippen molar-refractivity contribution < 1.29 is 18.0 Å². The molecule has 1 saturated heterocycles. The Kier molecular flexibility index (Phi) is 6.32. The third kappa shape index (κ3) is 4.93. The van der Waals surface area contributed by atoms with Crippen molar-refractivity contribution in [2.45, 2.75) is 25.1 Å². The van der Waals surface area contributed by atoms with Gasteiger partial charge in [0.15, 0.2) is 5.82 Å². The SMILES string of the molecule is CN1CCC(n2cc(Cl)c(Nc3ncc(C(F)(F)F)c(-c4cc5c(s4)NCCNC5=O)n3)n2)CC1. The fraction of sp³-hybridized carbons (Fsp3) is 0.429. The number of amides is 1. The van der Waals surface area contributed by atoms with Gasteiger partial charge in [-0.15, -0.1) is 11.3 Å². The zero-order chi connectivity index (χ0) is 24.7. The Morgan fingerprint density at radius 1 is 1.23 bits per heavy atom. The van der Waals surface area contributed by atoms with Crippen LogP contribution in [0.5, 0.6) is 0 Å². The van der Waals surface area contributed by atoms with Gasteiger partial charge in [0.2, 0.25) is 5.95 Å². The van der Waals surface area contributed by atoms with Gasteiger partial charge in [0.25, 0.3) is 5.91 Å². The molecular weight excluding hydrogens is 505 g/mol. The lowest BCUT2D eigenvalue weighted by atomic mass is 10.1. The molecule has 0 radical (unpaired) electrons. The molecule has 3 N–H and O–H groups in total. The second-order valence-corrected chi connectivity index (χ2v) is 9.91. The van der Waals surface area contributed by atoms with Crippen molar-refractivity contribution in [2.24, 2.45) is 0 Å². The first-order valence-electron chi connectivity index (χ1n) is 11.0. The topological polar surface area (TPSA) is 100 Å². The van der Waals surface area contributed by atoms with Crippen LogP contribution in [-0.4, -0.2) is 63.8 Å². The Balaban J connectivity index is 1.47. The number of hydrogen-bond donors (Lipinski definition) is 3. The molecule has 35 heavy (non-hydrogen) atoms. The van der Waals surface area contributed by atoms with Gasteiger partial charge in [0.1, 0.15) is 15.6 Å². The summed E-state index contributed by atoms with van der Waals surface area (Å²) in [7, 11) is 2.06. The molecular formula is C21H22ClF3N8OS. The van der Waals surface area contributed by atoms with Gasteiger partial charge in [0.05, 0.1) is 22.2 Å². The third-order valence-corrected chi connectivity index (χ3v) is 7.36. The molecule has 3 aromatic rings. The summed E-state index contributed by atoms with van der Waals surface area (Å²) in [5.41, 5.74) is -1.04. The lowest BCUT2D eigenvalue weighted by molar-refractivity contribution is -0.137. The minimum Gasteiger partial charge on any atom is -0.374 e. The fourth-order valence-electron chi connectivity index (χ4n) is 4.10. The molecule has 0 unspecified atom stereocenters. The molecule has 2 aliphatic rings. The maximum Gasteiger partial charge on any atom is 0.420 e. The van der Waals surface area contributed by atoms with Crippen LogP contribution < -0.4 is 16.0 Å². The second kappa shape index (κ2) is 9.28. The van der Waals surface area contributed by atoms with E-state index in [1.54, 1.807) is 10.9 Å². The summed E-state index contributed by atoms with van der Waals surface area (Å²) in [6.45, 7) is 2.78. The minimum absolute atomic E-state index is 0.0791. The molecule has 0 bridgehead atoms. The van der Waals surface area contributed by atoms with Gasteiger partial charge in [-0.05, 0) is 39.0 Å². The molecule has 5 rings (SSSR count). The Hall–Kier alpha value is -2.90. The number of piperidine rings is 1. The Labute approximate surface area is 207 Å². The Morgan fingerprint density at radius 3 is 2.71 bits per heavy atom. The smallest absolute Gasteiger partial charge is 0.374 e. The molecule has 0 saturated carbocycles. The first kappa shape index (κ1) is 23.8. The quantitative estimate of drug-likeness (QED) is 0.467. The van der Waals surface area contributed by atoms with E-state index in [4.69, 9.17) is 11.6 Å². The Morgan fingerprint density at radius 2 is 1.97 bits per heavy atom. The van der Waals surface area contributed by atoms with Crippen LogP contribution in [0.25, 0.3) is 10.6 Å². The van der Waals surface area contributed by atoms with Crippen LogP contribution >= 0.6 is 22.9 Å². The summed E-state index contributed by atoms with van der Waals surface area (Å²) in [6.07, 6.45) is -0.423. The number of anilines is 3. The predicted molar refractivity (Wildman–Crippen MR) is 127 cm³/mol. The molecule has 9 nitrogen and oxygen atoms in total. The lowest BCUT2D eigenvalue weighted by Crippen LogP contribution is -2.31. The first-order chi connectivity index (χ1) is 16.7. The lowest BCUT2D eigenvalue weighted by Gasteiger charge is -2.28. The summed E-state index contributed by atoms with van der Waals surface area (Å²) in [6, 6.07) is 1.60. The number of halogens is 4. The van der Waals surface area contributed by atoms with Gasteiger partial charge in [-0.2, -0.15) is 18.3 Å². The van der Waals surface area contributed by atoms with Crippen LogP contribution in [0.1, 0.15) is 34.8 Å². The summed E-state index contributed by atoms with van der Waals surface area (Å²) < 4.78 is 43.1. The van der Waals surface area contributed by atoms with Crippen LogP contribution in [0.2, 0.25) is 5.02 Å². The molecule has 5 heterocycles. The predicted octanol–water partition coefficient (Wildman–Crippen LogP) is 4.24. The maximum atomic E-state index is 13.8. The van der Waals surface area contributed by atoms with Crippen LogP contribution in [0.3, 0.4) is 0 Å². The highest BCUT2D eigenvalue weighted by atomic mass is 35.5. The number of fused-ring (bicyclic) bond motifs is 1. The van der Waals surface area contributed by atoms with Crippen molar-refractivity contribution >= 4 is 45.6 Å². The number of alkyl halides is 3. The second-order valence-electron chi connectivity index (χ2n) is 8.45. The standard InChI is InChI=1S/C21H22ClF3N8OS/c1-32-6-2-11(3-7-32)33-10-14(22)17(31-33)30-20-28-9-13(21(23,24)25)16(29-20)15-8-12-18(34)26-4-5-27-19(12)35-15/h8-11,27H,2-7H2,1H3,(H,26,34)(H,28,29,30,31). The largest absolute Gasteiger partial charge is 0.420 e. The van der Waals surface area contributed by atoms with E-state index in [1.165, 1.54) is 6.07 Å². The number of carbonyl (C=O) groups excluding carboxylic acids is 1. The molecule has 1 fully saturated rings. The number of thiophene rings is 1. The van der Waals surface area contributed by atoms with E-state index in [-0.39, 0.29) is 39.8 Å². The van der Waals surface area contributed by atoms with E-state index < -0.39 is 11.7 Å². The van der Waals surface area contributed by atoms with E-state index in [1.807, 2.05) is 0 Å². The van der Waals surface area contributed by atoms with Crippen LogP contribution in [0.4, 0.5) is 29.9 Å². The number of hydrogen-bond acceptors (Lipinski definition) is 8. The van der Waals surface area contributed by atoms with Crippen LogP contribution in [-0.2, 0) is 6.18 Å². The van der Waals surface area contributed by atoms with Crippen molar-refractivity contribution in [1.29, 1.82) is 0 Å². The average molecular weight is 527 g/mol. The van der Waals surface area contributed by atoms with Crippen LogP contribution in [0.15, 0.2) is 18.5 Å². The molecule has 2 aliphatic heterocycles. The number of aromatic nitrogens is 4. The Bertz CT molecular complexity index is 1250. The number of carbonyl (C=O) groups is 1. The van der Waals surface area contributed by atoms with Gasteiger partial charge in [-0.3, -0.25) is 9.48 Å². The van der Waals surface area contributed by atoms with Gasteiger partial charge >= 0.3 is 6.18 Å². The van der Waals surface area contributed by atoms with Crippen molar-refractivity contribution in [3.05, 3.63) is 34.6 Å². The third-order valence-electron chi connectivity index (χ3n) is 5.98. The average Bonchev–Trinajstić information content (AvgIpc) is 3.35. The van der Waals surface area contributed by atoms with E-state index in [2.05, 4.69) is 43.0 Å². The minimum atomic E-state index is -4.68. The molecule has 3 aromatic heterocycles. The summed E-state index contributed by atoms with van der Waals surface area (Å²) >= 11 is 7.40. The van der Waals surface area contributed by atoms with Crippen molar-refractivity contribution in [1.82, 2.24) is 30.0 Å². The summed E-state index contributed by atoms with van der Waals surface area (Å²) in [5.74, 6) is -0.163. The number of nitrogens with zero attached hydrogens (tertiary/aromatic N) is 5. The van der Waals surface area contributed by atoms with E-state index in [0.717, 1.165) is 43.5 Å². The number of nitrogens with one attached hydrogen (secondary N) is 3. The zero-order valence-corrected chi connectivity index (χ0v) is 20.2. The van der Waals surface area contributed by atoms with Gasteiger partial charge in [-0.1, -0.05) is 11.6 Å². The van der Waals surface area contributed by atoms with Gasteiger partial charge < -0.3 is 20.9 Å². The number of likely N-dealkylation sites (tertiary alicyclic amines) is 1. The molecule has 0 atom stereocenters. The summed E-state index contributed by atoms with van der Waals surface area (Å²) in [4.78, 5) is 22.7. The zero-order valence-electron chi connectivity index (χ0n) is 18.6. The summed E-state index contributed by atoms with van der Waals surface area (Å²) in [5, 5.41) is 13.9. The highest BCUT2D eigenvalue weighted by Crippen LogP contribution is 2.42. The van der Waals surface area contributed by atoms with E-state index in [0.29, 0.717) is 23.1 Å². The van der Waals surface area contributed by atoms with Crippen LogP contribution in [0, 0.1) is 0 Å². The highest BCUT2D eigenvalue weighted by Gasteiger charge is 2.36. The molecule has 0 aromatic carbocycles. The normalized spacial score (nSPS) is 17.5. The van der Waals surface area contributed by atoms with Crippen molar-refractivity contribution in [2.75, 3.05) is 43.9 Å². The molecule has 0 aliphatic carbocycles. The fourth-order valence-corrected chi connectivity index (χ4v) is 5.37. The van der Waals surface area contributed by atoms with Crippen molar-refractivity contribution in [3.8, 4) is 10.6 Å². The maximum absolute atomic E-state index is 13.8.